The normalized spacial score (nSPS) is 17.9. The second-order valence-electron chi connectivity index (χ2n) is 4.40. The van der Waals surface area contributed by atoms with Crippen molar-refractivity contribution in [2.75, 3.05) is 6.61 Å². The van der Waals surface area contributed by atoms with E-state index >= 15 is 0 Å². The van der Waals surface area contributed by atoms with Crippen molar-refractivity contribution in [2.24, 2.45) is 5.41 Å². The van der Waals surface area contributed by atoms with Gasteiger partial charge in [-0.1, -0.05) is 18.5 Å². The van der Waals surface area contributed by atoms with Crippen LogP contribution in [-0.4, -0.2) is 11.6 Å². The Hall–Kier alpha value is -0.760. The lowest BCUT2D eigenvalue weighted by Gasteiger charge is -2.11. The molecule has 0 unspecified atom stereocenters. The summed E-state index contributed by atoms with van der Waals surface area (Å²) in [7, 11) is 0. The summed E-state index contributed by atoms with van der Waals surface area (Å²) in [4.78, 5) is 4.15. The summed E-state index contributed by atoms with van der Waals surface area (Å²) >= 11 is 5.99. The Labute approximate surface area is 89.3 Å². The smallest absolute Gasteiger partial charge is 0.232 e. The fraction of sp³-hybridized carbons (Fsp3) is 0.545. The highest BCUT2D eigenvalue weighted by molar-refractivity contribution is 6.31. The number of hydrogen-bond acceptors (Lipinski definition) is 2. The number of hydrogen-bond donors (Lipinski definition) is 0. The van der Waals surface area contributed by atoms with Crippen molar-refractivity contribution < 1.29 is 4.74 Å². The molecule has 1 heterocycles. The molecule has 0 radical (unpaired) electrons. The standard InChI is InChI=1S/C11H14ClNO/c1-8-5-9(12)10(13-6-8)14-7-11(2)3-4-11/h5-6H,3-4,7H2,1-2H3. The van der Waals surface area contributed by atoms with Gasteiger partial charge in [0.2, 0.25) is 5.88 Å². The zero-order valence-electron chi connectivity index (χ0n) is 8.51. The molecule has 2 rings (SSSR count). The summed E-state index contributed by atoms with van der Waals surface area (Å²) in [6.07, 6.45) is 4.27. The molecule has 1 fully saturated rings. The molecule has 2 nitrogen and oxygen atoms in total. The highest BCUT2D eigenvalue weighted by atomic mass is 35.5. The number of nitrogens with zero attached hydrogens (tertiary/aromatic N) is 1. The van der Waals surface area contributed by atoms with Gasteiger partial charge in [0.15, 0.2) is 0 Å². The molecule has 1 aromatic heterocycles. The molecule has 0 bridgehead atoms. The van der Waals surface area contributed by atoms with E-state index in [9.17, 15) is 0 Å². The second-order valence-corrected chi connectivity index (χ2v) is 4.81. The predicted molar refractivity (Wildman–Crippen MR) is 56.8 cm³/mol. The molecule has 0 N–H and O–H groups in total. The molecule has 0 aliphatic heterocycles. The molecule has 0 amide bonds. The molecule has 1 aliphatic rings. The Morgan fingerprint density at radius 2 is 2.29 bits per heavy atom. The average molecular weight is 212 g/mol. The van der Waals surface area contributed by atoms with Crippen molar-refractivity contribution in [3.63, 3.8) is 0 Å². The van der Waals surface area contributed by atoms with Crippen molar-refractivity contribution in [1.29, 1.82) is 0 Å². The van der Waals surface area contributed by atoms with Crippen LogP contribution in [0.15, 0.2) is 12.3 Å². The minimum Gasteiger partial charge on any atom is -0.476 e. The van der Waals surface area contributed by atoms with Gasteiger partial charge in [0, 0.05) is 11.6 Å². The molecule has 0 spiro atoms. The highest BCUT2D eigenvalue weighted by Gasteiger charge is 2.38. The van der Waals surface area contributed by atoms with E-state index in [1.165, 1.54) is 12.8 Å². The van der Waals surface area contributed by atoms with Gasteiger partial charge < -0.3 is 4.74 Å². The number of pyridine rings is 1. The Kier molecular flexibility index (Phi) is 2.40. The molecule has 76 valence electrons. The van der Waals surface area contributed by atoms with Gasteiger partial charge >= 0.3 is 0 Å². The van der Waals surface area contributed by atoms with Crippen molar-refractivity contribution in [2.45, 2.75) is 26.7 Å². The quantitative estimate of drug-likeness (QED) is 0.766. The molecule has 0 atom stereocenters. The molecule has 1 aliphatic carbocycles. The number of ether oxygens (including phenoxy) is 1. The zero-order chi connectivity index (χ0) is 10.2. The monoisotopic (exact) mass is 211 g/mol. The first-order chi connectivity index (χ1) is 6.59. The third kappa shape index (κ3) is 2.18. The molecule has 0 aromatic carbocycles. The maximum absolute atomic E-state index is 5.99. The minimum absolute atomic E-state index is 0.371. The molecule has 1 saturated carbocycles. The Bertz CT molecular complexity index is 347. The largest absolute Gasteiger partial charge is 0.476 e. The lowest BCUT2D eigenvalue weighted by molar-refractivity contribution is 0.239. The Balaban J connectivity index is 2.02. The van der Waals surface area contributed by atoms with E-state index in [0.29, 0.717) is 16.3 Å². The van der Waals surface area contributed by atoms with Gasteiger partial charge in [0.25, 0.3) is 0 Å². The summed E-state index contributed by atoms with van der Waals surface area (Å²) in [5.74, 6) is 0.561. The third-order valence-electron chi connectivity index (χ3n) is 2.61. The van der Waals surface area contributed by atoms with Gasteiger partial charge in [-0.3, -0.25) is 0 Å². The highest BCUT2D eigenvalue weighted by Crippen LogP contribution is 2.45. The summed E-state index contributed by atoms with van der Waals surface area (Å²) in [5.41, 5.74) is 1.43. The first-order valence-electron chi connectivity index (χ1n) is 4.84. The molecule has 3 heteroatoms. The minimum atomic E-state index is 0.371. The topological polar surface area (TPSA) is 22.1 Å². The molecule has 14 heavy (non-hydrogen) atoms. The SMILES string of the molecule is Cc1cnc(OCC2(C)CC2)c(Cl)c1. The van der Waals surface area contributed by atoms with Gasteiger partial charge in [0.1, 0.15) is 5.02 Å². The van der Waals surface area contributed by atoms with Crippen LogP contribution in [0.25, 0.3) is 0 Å². The van der Waals surface area contributed by atoms with Crippen LogP contribution in [0.4, 0.5) is 0 Å². The van der Waals surface area contributed by atoms with E-state index in [2.05, 4.69) is 11.9 Å². The van der Waals surface area contributed by atoms with Gasteiger partial charge in [-0.15, -0.1) is 0 Å². The van der Waals surface area contributed by atoms with E-state index in [1.807, 2.05) is 13.0 Å². The molecular formula is C11H14ClNO. The number of rotatable bonds is 3. The van der Waals surface area contributed by atoms with Gasteiger partial charge in [-0.05, 0) is 31.4 Å². The van der Waals surface area contributed by atoms with E-state index in [4.69, 9.17) is 16.3 Å². The van der Waals surface area contributed by atoms with Gasteiger partial charge in [-0.2, -0.15) is 0 Å². The van der Waals surface area contributed by atoms with Crippen LogP contribution in [0.2, 0.25) is 5.02 Å². The summed E-state index contributed by atoms with van der Waals surface area (Å²) in [6.45, 7) is 4.91. The van der Waals surface area contributed by atoms with Crippen LogP contribution < -0.4 is 4.74 Å². The summed E-state index contributed by atoms with van der Waals surface area (Å²) in [6, 6.07) is 1.87. The number of aryl methyl sites for hydroxylation is 1. The van der Waals surface area contributed by atoms with Crippen LogP contribution in [0.1, 0.15) is 25.3 Å². The second kappa shape index (κ2) is 3.43. The Morgan fingerprint density at radius 3 is 2.86 bits per heavy atom. The number of aromatic nitrogens is 1. The lowest BCUT2D eigenvalue weighted by atomic mass is 10.2. The fourth-order valence-electron chi connectivity index (χ4n) is 1.23. The van der Waals surface area contributed by atoms with Gasteiger partial charge in [-0.25, -0.2) is 4.98 Å². The first-order valence-corrected chi connectivity index (χ1v) is 5.22. The van der Waals surface area contributed by atoms with Crippen molar-refractivity contribution in [1.82, 2.24) is 4.98 Å². The van der Waals surface area contributed by atoms with Crippen molar-refractivity contribution in [3.8, 4) is 5.88 Å². The van der Waals surface area contributed by atoms with Crippen molar-refractivity contribution in [3.05, 3.63) is 22.8 Å². The van der Waals surface area contributed by atoms with Crippen LogP contribution in [0.3, 0.4) is 0 Å². The van der Waals surface area contributed by atoms with E-state index < -0.39 is 0 Å². The maximum atomic E-state index is 5.99. The predicted octanol–water partition coefficient (Wildman–Crippen LogP) is 3.22. The molecular weight excluding hydrogens is 198 g/mol. The van der Waals surface area contributed by atoms with Crippen LogP contribution >= 0.6 is 11.6 Å². The fourth-order valence-corrected chi connectivity index (χ4v) is 1.50. The Morgan fingerprint density at radius 1 is 1.57 bits per heavy atom. The van der Waals surface area contributed by atoms with E-state index in [1.54, 1.807) is 6.20 Å². The van der Waals surface area contributed by atoms with Crippen LogP contribution in [0, 0.1) is 12.3 Å². The van der Waals surface area contributed by atoms with E-state index in [-0.39, 0.29) is 0 Å². The molecule has 1 aromatic rings. The summed E-state index contributed by atoms with van der Waals surface area (Å²) in [5, 5.41) is 0.606. The van der Waals surface area contributed by atoms with Crippen LogP contribution in [0.5, 0.6) is 5.88 Å². The zero-order valence-corrected chi connectivity index (χ0v) is 9.27. The number of halogens is 1. The maximum Gasteiger partial charge on any atom is 0.232 e. The molecule has 0 saturated heterocycles. The average Bonchev–Trinajstić information content (AvgIpc) is 2.83. The van der Waals surface area contributed by atoms with E-state index in [0.717, 1.165) is 12.2 Å². The first kappa shape index (κ1) is 9.78. The third-order valence-corrected chi connectivity index (χ3v) is 2.88. The van der Waals surface area contributed by atoms with Gasteiger partial charge in [0.05, 0.1) is 6.61 Å². The lowest BCUT2D eigenvalue weighted by Crippen LogP contribution is -2.09. The van der Waals surface area contributed by atoms with Crippen LogP contribution in [-0.2, 0) is 0 Å². The summed E-state index contributed by atoms with van der Waals surface area (Å²) < 4.78 is 5.58. The van der Waals surface area contributed by atoms with Crippen molar-refractivity contribution >= 4 is 11.6 Å².